The van der Waals surface area contributed by atoms with Crippen LogP contribution in [-0.2, 0) is 28.0 Å². The summed E-state index contributed by atoms with van der Waals surface area (Å²) in [6.07, 6.45) is 3.15. The Balaban J connectivity index is 1.52. The zero-order chi connectivity index (χ0) is 28.7. The van der Waals surface area contributed by atoms with Gasteiger partial charge in [0.15, 0.2) is 22.5 Å². The second-order valence-electron chi connectivity index (χ2n) is 10.0. The highest BCUT2D eigenvalue weighted by molar-refractivity contribution is 7.82. The van der Waals surface area contributed by atoms with E-state index < -0.39 is 22.8 Å². The number of hydrogen-bond acceptors (Lipinski definition) is 5. The van der Waals surface area contributed by atoms with E-state index in [0.29, 0.717) is 40.7 Å². The van der Waals surface area contributed by atoms with Crippen LogP contribution in [0.5, 0.6) is 0 Å². The van der Waals surface area contributed by atoms with Gasteiger partial charge in [-0.05, 0) is 72.2 Å². The Kier molecular flexibility index (Phi) is 7.33. The average Bonchev–Trinajstić information content (AvgIpc) is 3.50. The van der Waals surface area contributed by atoms with Gasteiger partial charge in [0.2, 0.25) is 10.0 Å². The molecular formula is C30H25F2N4O3S2+. The zero-order valence-electron chi connectivity index (χ0n) is 21.6. The summed E-state index contributed by atoms with van der Waals surface area (Å²) in [5, 5.41) is 21.8. The minimum Gasteiger partial charge on any atom is -0.476 e. The lowest BCUT2D eigenvalue weighted by atomic mass is 9.95. The molecule has 208 valence electrons. The lowest BCUT2D eigenvalue weighted by Crippen LogP contribution is -2.07. The molecule has 1 aliphatic carbocycles. The SMILES string of the molecule is N[SH+](=O)c1ccc(Cc2c(-c3cccc(-c4cccc(F)c4)c3)nn(-c3nc(C(=O)O)cs3)c2CC2CC2)cc1F. The standard InChI is InChI=1S/C30H24F2N4O3S2/c31-22-6-2-4-20(15-22)19-3-1-5-21(14-19)28-23(11-18-9-10-27(41(33)39)24(32)12-18)26(13-17-7-8-17)36(35-28)30-34-25(16-40-30)29(37)38/h1-6,9-10,12,14-17H,7-8,11,13H2,(H2,33,39)(H,37,38)/p+1. The van der Waals surface area contributed by atoms with E-state index in [1.54, 1.807) is 16.8 Å². The van der Waals surface area contributed by atoms with Crippen molar-refractivity contribution in [3.8, 4) is 27.5 Å². The summed E-state index contributed by atoms with van der Waals surface area (Å²) in [6.45, 7) is 0. The van der Waals surface area contributed by atoms with E-state index in [9.17, 15) is 22.9 Å². The minimum atomic E-state index is -2.32. The second kappa shape index (κ2) is 11.1. The molecule has 41 heavy (non-hydrogen) atoms. The number of hydrogen-bond donors (Lipinski definition) is 2. The number of nitrogens with zero attached hydrogens (tertiary/aromatic N) is 3. The molecule has 0 spiro atoms. The van der Waals surface area contributed by atoms with Crippen LogP contribution in [0.25, 0.3) is 27.5 Å². The van der Waals surface area contributed by atoms with Crippen molar-refractivity contribution in [2.24, 2.45) is 11.1 Å². The highest BCUT2D eigenvalue weighted by Crippen LogP contribution is 2.39. The highest BCUT2D eigenvalue weighted by atomic mass is 32.2. The van der Waals surface area contributed by atoms with Crippen LogP contribution in [0.1, 0.15) is 40.2 Å². The summed E-state index contributed by atoms with van der Waals surface area (Å²) in [6, 6.07) is 18.4. The van der Waals surface area contributed by atoms with Gasteiger partial charge in [-0.3, -0.25) is 0 Å². The van der Waals surface area contributed by atoms with Crippen molar-refractivity contribution in [2.75, 3.05) is 0 Å². The molecule has 1 aliphatic rings. The van der Waals surface area contributed by atoms with Crippen molar-refractivity contribution in [2.45, 2.75) is 30.6 Å². The molecule has 6 rings (SSSR count). The number of halogens is 2. The average molecular weight is 592 g/mol. The van der Waals surface area contributed by atoms with Gasteiger partial charge >= 0.3 is 5.97 Å². The predicted octanol–water partition coefficient (Wildman–Crippen LogP) is 6.11. The number of benzene rings is 3. The van der Waals surface area contributed by atoms with E-state index in [2.05, 4.69) is 4.98 Å². The minimum absolute atomic E-state index is 0.0374. The number of nitrogens with two attached hydrogens (primary N) is 1. The monoisotopic (exact) mass is 591 g/mol. The van der Waals surface area contributed by atoms with E-state index >= 15 is 0 Å². The van der Waals surface area contributed by atoms with Gasteiger partial charge in [-0.1, -0.05) is 40.6 Å². The summed E-state index contributed by atoms with van der Waals surface area (Å²) in [4.78, 5) is 15.9. The quantitative estimate of drug-likeness (QED) is 0.159. The van der Waals surface area contributed by atoms with Crippen molar-refractivity contribution in [3.63, 3.8) is 0 Å². The van der Waals surface area contributed by atoms with E-state index in [-0.39, 0.29) is 16.4 Å². The van der Waals surface area contributed by atoms with Gasteiger partial charge in [0.25, 0.3) is 0 Å². The third-order valence-electron chi connectivity index (χ3n) is 7.09. The molecule has 1 saturated carbocycles. The molecule has 0 saturated heterocycles. The number of aromatic nitrogens is 3. The summed E-state index contributed by atoms with van der Waals surface area (Å²) in [7, 11) is -2.32. The lowest BCUT2D eigenvalue weighted by Gasteiger charge is -2.10. The van der Waals surface area contributed by atoms with Crippen LogP contribution in [0, 0.1) is 17.6 Å². The smallest absolute Gasteiger partial charge is 0.355 e. The number of carboxylic acid groups (broad SMARTS) is 1. The molecule has 7 nitrogen and oxygen atoms in total. The lowest BCUT2D eigenvalue weighted by molar-refractivity contribution is 0.0691. The summed E-state index contributed by atoms with van der Waals surface area (Å²) >= 11 is 1.19. The summed E-state index contributed by atoms with van der Waals surface area (Å²) in [5.74, 6) is -1.65. The topological polar surface area (TPSA) is 111 Å². The Bertz CT molecular complexity index is 1810. The fourth-order valence-corrected chi connectivity index (χ4v) is 6.15. The molecule has 2 aromatic heterocycles. The first-order valence-electron chi connectivity index (χ1n) is 12.9. The van der Waals surface area contributed by atoms with Crippen LogP contribution >= 0.6 is 11.3 Å². The molecule has 0 bridgehead atoms. The summed E-state index contributed by atoms with van der Waals surface area (Å²) in [5.41, 5.74) is 5.23. The normalized spacial score (nSPS) is 13.8. The number of carboxylic acids is 1. The van der Waals surface area contributed by atoms with Crippen molar-refractivity contribution in [1.29, 1.82) is 0 Å². The summed E-state index contributed by atoms with van der Waals surface area (Å²) < 4.78 is 42.2. The molecule has 3 N–H and O–H groups in total. The van der Waals surface area contributed by atoms with E-state index in [1.807, 2.05) is 30.3 Å². The maximum atomic E-state index is 14.8. The third kappa shape index (κ3) is 5.74. The first-order valence-corrected chi connectivity index (χ1v) is 15.1. The van der Waals surface area contributed by atoms with Crippen LogP contribution in [0.4, 0.5) is 8.78 Å². The van der Waals surface area contributed by atoms with Crippen molar-refractivity contribution >= 4 is 28.3 Å². The third-order valence-corrected chi connectivity index (χ3v) is 8.74. The fourth-order valence-electron chi connectivity index (χ4n) is 4.88. The molecule has 1 atom stereocenters. The van der Waals surface area contributed by atoms with Crippen LogP contribution in [0.2, 0.25) is 0 Å². The number of thiol groups is 1. The number of aromatic carboxylic acids is 1. The molecule has 11 heteroatoms. The van der Waals surface area contributed by atoms with Crippen LogP contribution in [0.15, 0.2) is 77.0 Å². The zero-order valence-corrected chi connectivity index (χ0v) is 23.3. The number of rotatable bonds is 9. The second-order valence-corrected chi connectivity index (χ2v) is 12.0. The molecule has 0 radical (unpaired) electrons. The fraction of sp³-hybridized carbons (Fsp3) is 0.167. The molecule has 1 fully saturated rings. The van der Waals surface area contributed by atoms with Gasteiger partial charge in [-0.15, -0.1) is 16.5 Å². The van der Waals surface area contributed by atoms with Gasteiger partial charge in [-0.25, -0.2) is 23.2 Å². The predicted molar refractivity (Wildman–Crippen MR) is 155 cm³/mol. The van der Waals surface area contributed by atoms with Gasteiger partial charge in [0, 0.05) is 22.9 Å². The molecule has 1 unspecified atom stereocenters. The van der Waals surface area contributed by atoms with E-state index in [1.165, 1.54) is 41.0 Å². The maximum Gasteiger partial charge on any atom is 0.355 e. The maximum absolute atomic E-state index is 14.8. The molecule has 2 heterocycles. The van der Waals surface area contributed by atoms with Crippen LogP contribution in [-0.4, -0.2) is 25.8 Å². The molecule has 0 amide bonds. The Morgan fingerprint density at radius 3 is 2.44 bits per heavy atom. The highest BCUT2D eigenvalue weighted by Gasteiger charge is 2.29. The van der Waals surface area contributed by atoms with Crippen molar-refractivity contribution < 1.29 is 22.9 Å². The van der Waals surface area contributed by atoms with Gasteiger partial charge < -0.3 is 5.11 Å². The molecular weight excluding hydrogens is 566 g/mol. The van der Waals surface area contributed by atoms with Crippen molar-refractivity contribution in [1.82, 2.24) is 14.8 Å². The molecule has 5 aromatic rings. The van der Waals surface area contributed by atoms with E-state index in [4.69, 9.17) is 10.2 Å². The largest absolute Gasteiger partial charge is 0.476 e. The Hall–Kier alpha value is -4.06. The van der Waals surface area contributed by atoms with Crippen LogP contribution < -0.4 is 5.14 Å². The molecule has 0 aliphatic heterocycles. The van der Waals surface area contributed by atoms with E-state index in [0.717, 1.165) is 35.2 Å². The number of thiazole rings is 1. The number of carbonyl (C=O) groups is 1. The van der Waals surface area contributed by atoms with Gasteiger partial charge in [0.1, 0.15) is 5.82 Å². The Labute approximate surface area is 240 Å². The van der Waals surface area contributed by atoms with Gasteiger partial charge in [0.05, 0.1) is 11.4 Å². The first-order chi connectivity index (χ1) is 19.8. The molecule has 3 aromatic carbocycles. The Morgan fingerprint density at radius 1 is 1.05 bits per heavy atom. The first kappa shape index (κ1) is 27.1. The van der Waals surface area contributed by atoms with Crippen LogP contribution in [0.3, 0.4) is 0 Å². The van der Waals surface area contributed by atoms with Gasteiger partial charge in [-0.2, -0.15) is 5.10 Å². The van der Waals surface area contributed by atoms with Crippen molar-refractivity contribution in [3.05, 3.63) is 106 Å². The Morgan fingerprint density at radius 2 is 1.78 bits per heavy atom.